The fourth-order valence-corrected chi connectivity index (χ4v) is 0.756. The molecular weight excluding hydrogens is 146 g/mol. The molecule has 1 N–H and O–H groups in total. The van der Waals surface area contributed by atoms with Gasteiger partial charge in [0.25, 0.3) is 0 Å². The van der Waals surface area contributed by atoms with Gasteiger partial charge in [-0.3, -0.25) is 5.10 Å². The maximum absolute atomic E-state index is 10.9. The number of methoxy groups -OCH3 is 1. The van der Waals surface area contributed by atoms with Gasteiger partial charge in [-0.25, -0.2) is 4.79 Å². The molecule has 1 rings (SSSR count). The van der Waals surface area contributed by atoms with E-state index < -0.39 is 5.97 Å². The number of aromatic nitrogens is 3. The van der Waals surface area contributed by atoms with E-state index in [4.69, 9.17) is 0 Å². The van der Waals surface area contributed by atoms with Crippen LogP contribution in [0.5, 0.6) is 0 Å². The van der Waals surface area contributed by atoms with Crippen LogP contribution in [-0.4, -0.2) is 28.5 Å². The number of hydrogen-bond acceptors (Lipinski definition) is 4. The molecule has 0 aliphatic heterocycles. The van der Waals surface area contributed by atoms with Crippen molar-refractivity contribution in [3.63, 3.8) is 0 Å². The largest absolute Gasteiger partial charge is 0.464 e. The Morgan fingerprint density at radius 2 is 2.45 bits per heavy atom. The van der Waals surface area contributed by atoms with Crippen molar-refractivity contribution in [2.24, 2.45) is 0 Å². The quantitative estimate of drug-likeness (QED) is 0.617. The van der Waals surface area contributed by atoms with Crippen molar-refractivity contribution in [2.45, 2.75) is 13.3 Å². The lowest BCUT2D eigenvalue weighted by Gasteiger charge is -1.94. The predicted molar refractivity (Wildman–Crippen MR) is 37.1 cm³/mol. The van der Waals surface area contributed by atoms with Crippen molar-refractivity contribution in [2.75, 3.05) is 7.11 Å². The normalized spacial score (nSPS) is 9.64. The molecule has 0 aliphatic carbocycles. The molecule has 1 heterocycles. The van der Waals surface area contributed by atoms with Crippen LogP contribution in [0, 0.1) is 0 Å². The minimum Gasteiger partial charge on any atom is -0.464 e. The second kappa shape index (κ2) is 3.14. The summed E-state index contributed by atoms with van der Waals surface area (Å²) in [5, 5.41) is 9.67. The molecule has 60 valence electrons. The number of H-pyrrole nitrogens is 1. The van der Waals surface area contributed by atoms with Crippen LogP contribution in [0.4, 0.5) is 0 Å². The van der Waals surface area contributed by atoms with E-state index in [9.17, 15) is 4.79 Å². The first kappa shape index (κ1) is 7.71. The van der Waals surface area contributed by atoms with Gasteiger partial charge in [0.2, 0.25) is 0 Å². The summed E-state index contributed by atoms with van der Waals surface area (Å²) in [6.45, 7) is 1.90. The molecule has 0 spiro atoms. The molecule has 0 aromatic carbocycles. The molecule has 0 atom stereocenters. The summed E-state index contributed by atoms with van der Waals surface area (Å²) in [5.41, 5.74) is 0.979. The third-order valence-corrected chi connectivity index (χ3v) is 1.35. The number of hydrogen-bond donors (Lipinski definition) is 1. The van der Waals surface area contributed by atoms with E-state index in [0.717, 1.165) is 0 Å². The number of esters is 1. The lowest BCUT2D eigenvalue weighted by Crippen LogP contribution is -2.04. The average Bonchev–Trinajstić information content (AvgIpc) is 2.50. The van der Waals surface area contributed by atoms with Gasteiger partial charge >= 0.3 is 5.97 Å². The van der Waals surface area contributed by atoms with Crippen LogP contribution in [0.1, 0.15) is 23.1 Å². The van der Waals surface area contributed by atoms with Gasteiger partial charge in [0.05, 0.1) is 12.8 Å². The molecule has 0 amide bonds. The van der Waals surface area contributed by atoms with Gasteiger partial charge in [0.1, 0.15) is 0 Å². The number of rotatable bonds is 2. The highest BCUT2D eigenvalue weighted by atomic mass is 16.5. The van der Waals surface area contributed by atoms with Gasteiger partial charge in [0.15, 0.2) is 5.69 Å². The number of aromatic amines is 1. The fourth-order valence-electron chi connectivity index (χ4n) is 0.756. The van der Waals surface area contributed by atoms with Crippen LogP contribution in [0.25, 0.3) is 0 Å². The predicted octanol–water partition coefficient (Wildman–Crippen LogP) is 0.154. The molecule has 0 radical (unpaired) electrons. The average molecular weight is 155 g/mol. The van der Waals surface area contributed by atoms with Gasteiger partial charge in [-0.1, -0.05) is 12.1 Å². The van der Waals surface area contributed by atoms with Gasteiger partial charge in [-0.15, -0.1) is 5.10 Å². The van der Waals surface area contributed by atoms with E-state index in [0.29, 0.717) is 12.1 Å². The Kier molecular flexibility index (Phi) is 2.20. The zero-order valence-corrected chi connectivity index (χ0v) is 6.42. The van der Waals surface area contributed by atoms with Crippen LogP contribution >= 0.6 is 0 Å². The smallest absolute Gasteiger partial charge is 0.360 e. The molecule has 0 unspecified atom stereocenters. The summed E-state index contributed by atoms with van der Waals surface area (Å²) in [6.07, 6.45) is 0.692. The Balaban J connectivity index is 2.92. The van der Waals surface area contributed by atoms with Gasteiger partial charge < -0.3 is 4.74 Å². The van der Waals surface area contributed by atoms with Gasteiger partial charge in [0, 0.05) is 0 Å². The Bertz CT molecular complexity index is 256. The van der Waals surface area contributed by atoms with Crippen molar-refractivity contribution in [1.29, 1.82) is 0 Å². The number of ether oxygens (including phenoxy) is 1. The summed E-state index contributed by atoms with van der Waals surface area (Å²) in [5.74, 6) is -0.449. The standard InChI is InChI=1S/C6H9N3O2/c1-3-4-5(6(10)11-2)8-9-7-4/h3H2,1-2H3,(H,7,8,9). The minimum atomic E-state index is -0.449. The van der Waals surface area contributed by atoms with Crippen LogP contribution in [-0.2, 0) is 11.2 Å². The summed E-state index contributed by atoms with van der Waals surface area (Å²) in [6, 6.07) is 0. The fraction of sp³-hybridized carbons (Fsp3) is 0.500. The monoisotopic (exact) mass is 155 g/mol. The Morgan fingerprint density at radius 1 is 1.73 bits per heavy atom. The third-order valence-electron chi connectivity index (χ3n) is 1.35. The van der Waals surface area contributed by atoms with E-state index in [1.54, 1.807) is 0 Å². The minimum absolute atomic E-state index is 0.273. The lowest BCUT2D eigenvalue weighted by atomic mass is 10.3. The number of carbonyl (C=O) groups is 1. The van der Waals surface area contributed by atoms with Crippen LogP contribution in [0.15, 0.2) is 0 Å². The SMILES string of the molecule is CCc1[nH]nnc1C(=O)OC. The highest BCUT2D eigenvalue weighted by molar-refractivity contribution is 5.88. The third kappa shape index (κ3) is 1.36. The van der Waals surface area contributed by atoms with Crippen molar-refractivity contribution >= 4 is 5.97 Å². The zero-order chi connectivity index (χ0) is 8.27. The second-order valence-corrected chi connectivity index (χ2v) is 1.98. The molecule has 11 heavy (non-hydrogen) atoms. The van der Waals surface area contributed by atoms with E-state index >= 15 is 0 Å². The highest BCUT2D eigenvalue weighted by Gasteiger charge is 2.13. The molecule has 0 aliphatic rings. The zero-order valence-electron chi connectivity index (χ0n) is 6.42. The Labute approximate surface area is 63.8 Å². The van der Waals surface area contributed by atoms with E-state index in [1.807, 2.05) is 6.92 Å². The highest BCUT2D eigenvalue weighted by Crippen LogP contribution is 2.02. The molecule has 0 bridgehead atoms. The van der Waals surface area contributed by atoms with Crippen LogP contribution in [0.3, 0.4) is 0 Å². The molecule has 1 aromatic rings. The first-order chi connectivity index (χ1) is 5.29. The summed E-state index contributed by atoms with van der Waals surface area (Å²) < 4.78 is 4.48. The second-order valence-electron chi connectivity index (χ2n) is 1.98. The van der Waals surface area contributed by atoms with E-state index in [1.165, 1.54) is 7.11 Å². The van der Waals surface area contributed by atoms with Crippen molar-refractivity contribution in [3.8, 4) is 0 Å². The number of aryl methyl sites for hydroxylation is 1. The first-order valence-electron chi connectivity index (χ1n) is 3.27. The molecule has 0 fully saturated rings. The number of carbonyl (C=O) groups excluding carboxylic acids is 1. The van der Waals surface area contributed by atoms with Crippen molar-refractivity contribution in [1.82, 2.24) is 15.4 Å². The van der Waals surface area contributed by atoms with E-state index in [-0.39, 0.29) is 5.69 Å². The van der Waals surface area contributed by atoms with Crippen LogP contribution < -0.4 is 0 Å². The van der Waals surface area contributed by atoms with Gasteiger partial charge in [-0.05, 0) is 6.42 Å². The maximum atomic E-state index is 10.9. The summed E-state index contributed by atoms with van der Waals surface area (Å²) >= 11 is 0. The molecular formula is C6H9N3O2. The molecule has 5 nitrogen and oxygen atoms in total. The molecule has 5 heteroatoms. The summed E-state index contributed by atoms with van der Waals surface area (Å²) in [4.78, 5) is 10.9. The van der Waals surface area contributed by atoms with Crippen LogP contribution in [0.2, 0.25) is 0 Å². The lowest BCUT2D eigenvalue weighted by molar-refractivity contribution is 0.0592. The first-order valence-corrected chi connectivity index (χ1v) is 3.27. The number of nitrogens with zero attached hydrogens (tertiary/aromatic N) is 2. The maximum Gasteiger partial charge on any atom is 0.360 e. The molecule has 0 saturated carbocycles. The van der Waals surface area contributed by atoms with E-state index in [2.05, 4.69) is 20.1 Å². The Hall–Kier alpha value is -1.39. The van der Waals surface area contributed by atoms with Gasteiger partial charge in [-0.2, -0.15) is 0 Å². The van der Waals surface area contributed by atoms with Crippen molar-refractivity contribution < 1.29 is 9.53 Å². The topological polar surface area (TPSA) is 67.9 Å². The summed E-state index contributed by atoms with van der Waals surface area (Å²) in [7, 11) is 1.32. The molecule has 0 saturated heterocycles. The number of nitrogens with one attached hydrogen (secondary N) is 1. The van der Waals surface area contributed by atoms with Crippen molar-refractivity contribution in [3.05, 3.63) is 11.4 Å². The molecule has 1 aromatic heterocycles. The Morgan fingerprint density at radius 3 is 3.00 bits per heavy atom.